The molecule has 0 unspecified atom stereocenters. The molecule has 0 bridgehead atoms. The fraction of sp³-hybridized carbons (Fsp3) is 0.571. The molecule has 0 amide bonds. The highest BCUT2D eigenvalue weighted by Crippen LogP contribution is 2.09. The summed E-state index contributed by atoms with van der Waals surface area (Å²) >= 11 is 0. The van der Waals surface area contributed by atoms with Gasteiger partial charge in [-0.2, -0.15) is 0 Å². The van der Waals surface area contributed by atoms with Crippen LogP contribution in [0.4, 0.5) is 4.39 Å². The third-order valence-electron chi connectivity index (χ3n) is 1.49. The summed E-state index contributed by atoms with van der Waals surface area (Å²) in [5.41, 5.74) is 0. The van der Waals surface area contributed by atoms with Crippen molar-refractivity contribution in [2.45, 2.75) is 6.17 Å². The molecule has 1 fully saturated rings. The molecule has 0 spiro atoms. The molecule has 0 saturated carbocycles. The largest absolute Gasteiger partial charge is 0.299 e. The molecule has 1 saturated heterocycles. The summed E-state index contributed by atoms with van der Waals surface area (Å²) in [6.07, 6.45) is 3.25. The number of carbonyl (C=O) groups excluding carboxylic acids is 1. The van der Waals surface area contributed by atoms with E-state index in [1.54, 1.807) is 6.08 Å². The smallest absolute Gasteiger partial charge is 0.142 e. The predicted octanol–water partition coefficient (Wildman–Crippen LogP) is 0.395. The Kier molecular flexibility index (Phi) is 2.57. The van der Waals surface area contributed by atoms with Gasteiger partial charge in [-0.1, -0.05) is 6.08 Å². The Morgan fingerprint density at radius 1 is 1.60 bits per heavy atom. The SMILES string of the molecule is O=CC=CCN1CC(F)C1. The minimum absolute atomic E-state index is 0.517. The van der Waals surface area contributed by atoms with Gasteiger partial charge in [-0.05, 0) is 6.08 Å². The summed E-state index contributed by atoms with van der Waals surface area (Å²) in [7, 11) is 0. The maximum atomic E-state index is 12.1. The molecule has 1 aliphatic rings. The average molecular weight is 143 g/mol. The zero-order valence-corrected chi connectivity index (χ0v) is 5.66. The summed E-state index contributed by atoms with van der Waals surface area (Å²) in [6, 6.07) is 0. The Morgan fingerprint density at radius 2 is 2.30 bits per heavy atom. The molecule has 0 aromatic carbocycles. The third-order valence-corrected chi connectivity index (χ3v) is 1.49. The van der Waals surface area contributed by atoms with E-state index in [1.165, 1.54) is 6.08 Å². The second kappa shape index (κ2) is 3.46. The number of aldehydes is 1. The number of allylic oxidation sites excluding steroid dienone is 1. The molecule has 0 aromatic heterocycles. The fourth-order valence-electron chi connectivity index (χ4n) is 0.921. The van der Waals surface area contributed by atoms with Crippen molar-refractivity contribution < 1.29 is 9.18 Å². The van der Waals surface area contributed by atoms with E-state index in [0.29, 0.717) is 19.6 Å². The number of halogens is 1. The molecule has 2 nitrogen and oxygen atoms in total. The van der Waals surface area contributed by atoms with Gasteiger partial charge >= 0.3 is 0 Å². The lowest BCUT2D eigenvalue weighted by Gasteiger charge is -2.32. The molecular formula is C7H10FNO. The Balaban J connectivity index is 2.05. The highest BCUT2D eigenvalue weighted by molar-refractivity contribution is 5.64. The lowest BCUT2D eigenvalue weighted by Crippen LogP contribution is -2.48. The lowest BCUT2D eigenvalue weighted by atomic mass is 10.2. The van der Waals surface area contributed by atoms with E-state index in [1.807, 2.05) is 4.90 Å². The number of likely N-dealkylation sites (tertiary alicyclic amines) is 1. The Bertz CT molecular complexity index is 141. The van der Waals surface area contributed by atoms with Crippen LogP contribution in [0.2, 0.25) is 0 Å². The van der Waals surface area contributed by atoms with Crippen LogP contribution in [-0.2, 0) is 4.79 Å². The van der Waals surface area contributed by atoms with Crippen molar-refractivity contribution in [2.24, 2.45) is 0 Å². The van der Waals surface area contributed by atoms with Crippen LogP contribution >= 0.6 is 0 Å². The van der Waals surface area contributed by atoms with Gasteiger partial charge in [0.25, 0.3) is 0 Å². The first kappa shape index (κ1) is 7.41. The highest BCUT2D eigenvalue weighted by Gasteiger charge is 2.24. The zero-order chi connectivity index (χ0) is 7.40. The van der Waals surface area contributed by atoms with E-state index < -0.39 is 6.17 Å². The second-order valence-corrected chi connectivity index (χ2v) is 2.38. The third kappa shape index (κ3) is 1.92. The molecule has 3 heteroatoms. The van der Waals surface area contributed by atoms with E-state index in [0.717, 1.165) is 6.29 Å². The van der Waals surface area contributed by atoms with Crippen molar-refractivity contribution in [3.05, 3.63) is 12.2 Å². The van der Waals surface area contributed by atoms with Gasteiger partial charge in [-0.3, -0.25) is 9.69 Å². The maximum absolute atomic E-state index is 12.1. The molecule has 56 valence electrons. The lowest BCUT2D eigenvalue weighted by molar-refractivity contribution is -0.104. The van der Waals surface area contributed by atoms with Gasteiger partial charge in [0, 0.05) is 19.6 Å². The number of hydrogen-bond acceptors (Lipinski definition) is 2. The number of nitrogens with zero attached hydrogens (tertiary/aromatic N) is 1. The maximum Gasteiger partial charge on any atom is 0.142 e. The summed E-state index contributed by atoms with van der Waals surface area (Å²) in [5.74, 6) is 0. The van der Waals surface area contributed by atoms with Crippen LogP contribution in [0.15, 0.2) is 12.2 Å². The van der Waals surface area contributed by atoms with Crippen molar-refractivity contribution in [1.82, 2.24) is 4.90 Å². The fourth-order valence-corrected chi connectivity index (χ4v) is 0.921. The number of alkyl halides is 1. The number of carbonyl (C=O) groups is 1. The molecule has 0 aromatic rings. The van der Waals surface area contributed by atoms with Crippen LogP contribution in [0, 0.1) is 0 Å². The summed E-state index contributed by atoms with van der Waals surface area (Å²) in [6.45, 7) is 1.73. The van der Waals surface area contributed by atoms with Crippen LogP contribution in [0.25, 0.3) is 0 Å². The van der Waals surface area contributed by atoms with E-state index in [-0.39, 0.29) is 0 Å². The first-order valence-corrected chi connectivity index (χ1v) is 3.29. The van der Waals surface area contributed by atoms with E-state index in [2.05, 4.69) is 0 Å². The van der Waals surface area contributed by atoms with Crippen LogP contribution in [-0.4, -0.2) is 37.0 Å². The van der Waals surface area contributed by atoms with Gasteiger partial charge in [-0.15, -0.1) is 0 Å². The molecule has 1 rings (SSSR count). The molecule has 1 aliphatic heterocycles. The minimum atomic E-state index is -0.648. The first-order valence-electron chi connectivity index (χ1n) is 3.29. The van der Waals surface area contributed by atoms with E-state index >= 15 is 0 Å². The number of rotatable bonds is 3. The predicted molar refractivity (Wildman–Crippen MR) is 36.5 cm³/mol. The molecule has 10 heavy (non-hydrogen) atoms. The zero-order valence-electron chi connectivity index (χ0n) is 5.66. The van der Waals surface area contributed by atoms with Crippen LogP contribution < -0.4 is 0 Å². The summed E-state index contributed by atoms with van der Waals surface area (Å²) in [4.78, 5) is 11.7. The minimum Gasteiger partial charge on any atom is -0.299 e. The van der Waals surface area contributed by atoms with Crippen molar-refractivity contribution in [3.63, 3.8) is 0 Å². The molecule has 0 aliphatic carbocycles. The topological polar surface area (TPSA) is 20.3 Å². The van der Waals surface area contributed by atoms with Gasteiger partial charge in [0.05, 0.1) is 0 Å². The Hall–Kier alpha value is -0.700. The first-order chi connectivity index (χ1) is 4.83. The van der Waals surface area contributed by atoms with Crippen molar-refractivity contribution in [1.29, 1.82) is 0 Å². The van der Waals surface area contributed by atoms with Crippen LogP contribution in [0.3, 0.4) is 0 Å². The van der Waals surface area contributed by atoms with Gasteiger partial charge < -0.3 is 0 Å². The Morgan fingerprint density at radius 3 is 2.80 bits per heavy atom. The highest BCUT2D eigenvalue weighted by atomic mass is 19.1. The van der Waals surface area contributed by atoms with Crippen LogP contribution in [0.5, 0.6) is 0 Å². The quantitative estimate of drug-likeness (QED) is 0.421. The molecular weight excluding hydrogens is 133 g/mol. The van der Waals surface area contributed by atoms with Gasteiger partial charge in [0.2, 0.25) is 0 Å². The second-order valence-electron chi connectivity index (χ2n) is 2.38. The molecule has 0 atom stereocenters. The molecule has 0 N–H and O–H groups in total. The van der Waals surface area contributed by atoms with Gasteiger partial charge in [0.15, 0.2) is 0 Å². The average Bonchev–Trinajstić information content (AvgIpc) is 1.85. The van der Waals surface area contributed by atoms with E-state index in [9.17, 15) is 9.18 Å². The normalized spacial score (nSPS) is 21.3. The van der Waals surface area contributed by atoms with Gasteiger partial charge in [-0.25, -0.2) is 4.39 Å². The monoisotopic (exact) mass is 143 g/mol. The van der Waals surface area contributed by atoms with Crippen molar-refractivity contribution in [2.75, 3.05) is 19.6 Å². The molecule has 1 heterocycles. The van der Waals surface area contributed by atoms with E-state index in [4.69, 9.17) is 0 Å². The standard InChI is InChI=1S/C7H10FNO/c8-7-5-9(6-7)3-1-2-4-10/h1-2,4,7H,3,5-6H2. The van der Waals surface area contributed by atoms with Gasteiger partial charge in [0.1, 0.15) is 12.5 Å². The Labute approximate surface area is 59.3 Å². The molecule has 0 radical (unpaired) electrons. The van der Waals surface area contributed by atoms with Crippen molar-refractivity contribution in [3.8, 4) is 0 Å². The number of hydrogen-bond donors (Lipinski definition) is 0. The van der Waals surface area contributed by atoms with Crippen molar-refractivity contribution >= 4 is 6.29 Å². The van der Waals surface area contributed by atoms with Crippen LogP contribution in [0.1, 0.15) is 0 Å². The summed E-state index contributed by atoms with van der Waals surface area (Å²) in [5, 5.41) is 0. The summed E-state index contributed by atoms with van der Waals surface area (Å²) < 4.78 is 12.1.